The number of halogens is 1. The molecule has 0 bridgehead atoms. The van der Waals surface area contributed by atoms with Crippen LogP contribution in [-0.2, 0) is 13.0 Å². The quantitative estimate of drug-likeness (QED) is 0.517. The van der Waals surface area contributed by atoms with Crippen molar-refractivity contribution >= 4 is 21.6 Å². The Labute approximate surface area is 154 Å². The average molecular weight is 364 g/mol. The smallest absolute Gasteiger partial charge is 0.263 e. The van der Waals surface area contributed by atoms with Crippen molar-refractivity contribution in [2.24, 2.45) is 0 Å². The van der Waals surface area contributed by atoms with Crippen LogP contribution in [0.3, 0.4) is 0 Å². The molecule has 0 N–H and O–H groups in total. The summed E-state index contributed by atoms with van der Waals surface area (Å²) in [7, 11) is 0. The maximum atomic E-state index is 13.1. The molecule has 0 unspecified atom stereocenters. The van der Waals surface area contributed by atoms with Gasteiger partial charge in [0.05, 0.1) is 18.3 Å². The van der Waals surface area contributed by atoms with Crippen LogP contribution < -0.4 is 5.56 Å². The van der Waals surface area contributed by atoms with Crippen LogP contribution in [0.15, 0.2) is 65.0 Å². The van der Waals surface area contributed by atoms with Gasteiger partial charge in [0.2, 0.25) is 0 Å². The molecule has 0 saturated carbocycles. The third-order valence-corrected chi connectivity index (χ3v) is 5.39. The topological polar surface area (TPSA) is 34.9 Å². The van der Waals surface area contributed by atoms with Crippen molar-refractivity contribution in [1.29, 1.82) is 0 Å². The van der Waals surface area contributed by atoms with E-state index in [4.69, 9.17) is 0 Å². The maximum absolute atomic E-state index is 13.1. The van der Waals surface area contributed by atoms with Gasteiger partial charge in [0.15, 0.2) is 0 Å². The molecule has 0 aliphatic heterocycles. The van der Waals surface area contributed by atoms with Crippen LogP contribution in [0, 0.1) is 5.82 Å². The first-order valence-corrected chi connectivity index (χ1v) is 9.34. The van der Waals surface area contributed by atoms with Crippen LogP contribution in [-0.4, -0.2) is 9.55 Å². The van der Waals surface area contributed by atoms with E-state index in [0.717, 1.165) is 27.9 Å². The number of aromatic nitrogens is 2. The zero-order valence-corrected chi connectivity index (χ0v) is 15.1. The summed E-state index contributed by atoms with van der Waals surface area (Å²) in [6.45, 7) is 2.49. The highest BCUT2D eigenvalue weighted by Gasteiger charge is 2.13. The van der Waals surface area contributed by atoms with E-state index in [1.165, 1.54) is 29.0 Å². The summed E-state index contributed by atoms with van der Waals surface area (Å²) in [6, 6.07) is 14.5. The molecule has 0 fully saturated rings. The Morgan fingerprint density at radius 1 is 1.04 bits per heavy atom. The minimum Gasteiger partial charge on any atom is -0.294 e. The summed E-state index contributed by atoms with van der Waals surface area (Å²) in [4.78, 5) is 18.2. The van der Waals surface area contributed by atoms with E-state index in [1.807, 2.05) is 5.38 Å². The van der Waals surface area contributed by atoms with Crippen LogP contribution >= 0.6 is 11.3 Å². The second-order valence-corrected chi connectivity index (χ2v) is 7.04. The Hall–Kier alpha value is -2.79. The van der Waals surface area contributed by atoms with Crippen molar-refractivity contribution in [2.75, 3.05) is 0 Å². The van der Waals surface area contributed by atoms with Gasteiger partial charge in [0, 0.05) is 10.9 Å². The summed E-state index contributed by atoms with van der Waals surface area (Å²) in [6.07, 6.45) is 2.55. The fourth-order valence-corrected chi connectivity index (χ4v) is 3.91. The van der Waals surface area contributed by atoms with Crippen molar-refractivity contribution in [3.63, 3.8) is 0 Å². The number of fused-ring (bicyclic) bond motifs is 1. The molecule has 2 aromatic heterocycles. The second-order valence-electron chi connectivity index (χ2n) is 6.18. The molecule has 0 saturated heterocycles. The van der Waals surface area contributed by atoms with Crippen LogP contribution in [0.25, 0.3) is 21.3 Å². The van der Waals surface area contributed by atoms with E-state index < -0.39 is 0 Å². The molecular formula is C21H17FN2OS. The van der Waals surface area contributed by atoms with E-state index >= 15 is 0 Å². The van der Waals surface area contributed by atoms with Crippen LogP contribution in [0.5, 0.6) is 0 Å². The molecule has 0 atom stereocenters. The van der Waals surface area contributed by atoms with Crippen molar-refractivity contribution in [1.82, 2.24) is 9.55 Å². The van der Waals surface area contributed by atoms with Gasteiger partial charge < -0.3 is 0 Å². The molecule has 0 aliphatic rings. The molecule has 26 heavy (non-hydrogen) atoms. The Morgan fingerprint density at radius 2 is 1.73 bits per heavy atom. The highest BCUT2D eigenvalue weighted by molar-refractivity contribution is 7.17. The van der Waals surface area contributed by atoms with Crippen LogP contribution in [0.2, 0.25) is 0 Å². The van der Waals surface area contributed by atoms with Gasteiger partial charge in [-0.1, -0.05) is 43.3 Å². The van der Waals surface area contributed by atoms with Crippen molar-refractivity contribution in [3.8, 4) is 11.1 Å². The van der Waals surface area contributed by atoms with Gasteiger partial charge in [-0.2, -0.15) is 0 Å². The third-order valence-electron chi connectivity index (χ3n) is 4.50. The molecule has 3 nitrogen and oxygen atoms in total. The van der Waals surface area contributed by atoms with Crippen LogP contribution in [0.1, 0.15) is 18.1 Å². The summed E-state index contributed by atoms with van der Waals surface area (Å²) >= 11 is 1.48. The molecule has 4 aromatic rings. The van der Waals surface area contributed by atoms with Crippen molar-refractivity contribution in [3.05, 3.63) is 87.5 Å². The monoisotopic (exact) mass is 364 g/mol. The molecule has 130 valence electrons. The lowest BCUT2D eigenvalue weighted by Crippen LogP contribution is -2.20. The SMILES string of the molecule is CCc1ccc(-c2csc3ncn(Cc4ccc(F)cc4)c(=O)c23)cc1. The minimum atomic E-state index is -0.287. The predicted octanol–water partition coefficient (Wildman–Crippen LogP) is 4.87. The Balaban J connectivity index is 1.78. The normalized spacial score (nSPS) is 11.2. The molecular weight excluding hydrogens is 347 g/mol. The molecule has 0 aliphatic carbocycles. The van der Waals surface area contributed by atoms with Crippen LogP contribution in [0.4, 0.5) is 4.39 Å². The van der Waals surface area contributed by atoms with E-state index in [0.29, 0.717) is 11.9 Å². The van der Waals surface area contributed by atoms with Gasteiger partial charge >= 0.3 is 0 Å². The third kappa shape index (κ3) is 3.06. The van der Waals surface area contributed by atoms with E-state index in [9.17, 15) is 9.18 Å². The standard InChI is InChI=1S/C21H17FN2OS/c1-2-14-3-7-16(8-4-14)18-12-26-20-19(18)21(25)24(13-23-20)11-15-5-9-17(22)10-6-15/h3-10,12-13H,2,11H2,1H3. The van der Waals surface area contributed by atoms with Gasteiger partial charge in [-0.05, 0) is 35.2 Å². The number of thiophene rings is 1. The van der Waals surface area contributed by atoms with E-state index in [1.54, 1.807) is 23.0 Å². The molecule has 2 heterocycles. The minimum absolute atomic E-state index is 0.0739. The zero-order chi connectivity index (χ0) is 18.1. The molecule has 0 spiro atoms. The number of hydrogen-bond acceptors (Lipinski definition) is 3. The lowest BCUT2D eigenvalue weighted by Gasteiger charge is -2.07. The molecule has 5 heteroatoms. The zero-order valence-electron chi connectivity index (χ0n) is 14.3. The summed E-state index contributed by atoms with van der Waals surface area (Å²) in [5.74, 6) is -0.287. The number of aryl methyl sites for hydroxylation is 1. The molecule has 4 rings (SSSR count). The fraction of sp³-hybridized carbons (Fsp3) is 0.143. The summed E-state index contributed by atoms with van der Waals surface area (Å²) in [5, 5.41) is 2.63. The number of nitrogens with zero attached hydrogens (tertiary/aromatic N) is 2. The number of hydrogen-bond donors (Lipinski definition) is 0. The summed E-state index contributed by atoms with van der Waals surface area (Å²) in [5.41, 5.74) is 3.99. The summed E-state index contributed by atoms with van der Waals surface area (Å²) < 4.78 is 14.7. The molecule has 0 radical (unpaired) electrons. The largest absolute Gasteiger partial charge is 0.294 e. The Bertz CT molecular complexity index is 1110. The van der Waals surface area contributed by atoms with E-state index in [-0.39, 0.29) is 11.4 Å². The number of rotatable bonds is 4. The van der Waals surface area contributed by atoms with Gasteiger partial charge in [-0.3, -0.25) is 9.36 Å². The van der Waals surface area contributed by atoms with Gasteiger partial charge in [-0.25, -0.2) is 9.37 Å². The first kappa shape index (κ1) is 16.7. The lowest BCUT2D eigenvalue weighted by atomic mass is 10.0. The Morgan fingerprint density at radius 3 is 2.42 bits per heavy atom. The predicted molar refractivity (Wildman–Crippen MR) is 104 cm³/mol. The van der Waals surface area contributed by atoms with Crippen molar-refractivity contribution < 1.29 is 4.39 Å². The highest BCUT2D eigenvalue weighted by Crippen LogP contribution is 2.30. The first-order chi connectivity index (χ1) is 12.7. The highest BCUT2D eigenvalue weighted by atomic mass is 32.1. The fourth-order valence-electron chi connectivity index (χ4n) is 3.00. The first-order valence-electron chi connectivity index (χ1n) is 8.46. The maximum Gasteiger partial charge on any atom is 0.263 e. The molecule has 2 aromatic carbocycles. The van der Waals surface area contributed by atoms with Crippen molar-refractivity contribution in [2.45, 2.75) is 19.9 Å². The van der Waals surface area contributed by atoms with Gasteiger partial charge in [0.1, 0.15) is 10.6 Å². The number of benzene rings is 2. The average Bonchev–Trinajstić information content (AvgIpc) is 3.11. The second kappa shape index (κ2) is 6.84. The Kier molecular flexibility index (Phi) is 4.39. The lowest BCUT2D eigenvalue weighted by molar-refractivity contribution is 0.626. The van der Waals surface area contributed by atoms with Gasteiger partial charge in [0.25, 0.3) is 5.56 Å². The van der Waals surface area contributed by atoms with E-state index in [2.05, 4.69) is 36.2 Å². The van der Waals surface area contributed by atoms with Gasteiger partial charge in [-0.15, -0.1) is 11.3 Å². The molecule has 0 amide bonds.